The van der Waals surface area contributed by atoms with Gasteiger partial charge in [-0.2, -0.15) is 0 Å². The van der Waals surface area contributed by atoms with Crippen LogP contribution in [0.15, 0.2) is 23.8 Å². The standard InChI is InChI=1S/C29H42N2O3/c1-18(2)26-24-16-22-9-7-8-19(3)25(22)23(24)14-15-31(26)27(32)21-12-10-20(11-13-21)17-30-28(33)34-29(4,5)6/h7-9,18,20-21,26H,10-17H2,1-6H3,(H,30,33). The van der Waals surface area contributed by atoms with E-state index in [2.05, 4.69) is 49.2 Å². The molecule has 1 saturated carbocycles. The first-order valence-corrected chi connectivity index (χ1v) is 13.1. The topological polar surface area (TPSA) is 58.6 Å². The SMILES string of the molecule is Cc1cccc2c1C1=C(C2)C(C(C)C)N(C(=O)C2CCC(CNC(=O)OC(C)(C)C)CC2)CC1. The van der Waals surface area contributed by atoms with Gasteiger partial charge in [-0.1, -0.05) is 32.0 Å². The maximum atomic E-state index is 13.7. The van der Waals surface area contributed by atoms with Crippen molar-refractivity contribution >= 4 is 17.6 Å². The van der Waals surface area contributed by atoms with Crippen LogP contribution in [0.5, 0.6) is 0 Å². The first-order chi connectivity index (χ1) is 16.0. The van der Waals surface area contributed by atoms with E-state index in [9.17, 15) is 9.59 Å². The van der Waals surface area contributed by atoms with E-state index in [1.165, 1.54) is 27.8 Å². The molecule has 4 rings (SSSR count). The van der Waals surface area contributed by atoms with E-state index in [0.717, 1.165) is 45.1 Å². The molecular weight excluding hydrogens is 424 g/mol. The lowest BCUT2D eigenvalue weighted by Gasteiger charge is -2.42. The largest absolute Gasteiger partial charge is 0.444 e. The molecule has 5 heteroatoms. The van der Waals surface area contributed by atoms with Crippen molar-refractivity contribution in [2.24, 2.45) is 17.8 Å². The van der Waals surface area contributed by atoms with Crippen molar-refractivity contribution in [3.05, 3.63) is 40.5 Å². The van der Waals surface area contributed by atoms with Crippen molar-refractivity contribution in [1.29, 1.82) is 0 Å². The second-order valence-electron chi connectivity index (χ2n) is 11.9. The van der Waals surface area contributed by atoms with Crippen molar-refractivity contribution in [3.8, 4) is 0 Å². The zero-order valence-electron chi connectivity index (χ0n) is 21.9. The van der Waals surface area contributed by atoms with Gasteiger partial charge >= 0.3 is 6.09 Å². The number of hydrogen-bond acceptors (Lipinski definition) is 3. The fraction of sp³-hybridized carbons (Fsp3) is 0.655. The Hall–Kier alpha value is -2.30. The number of nitrogens with zero attached hydrogens (tertiary/aromatic N) is 1. The third-order valence-corrected chi connectivity index (χ3v) is 7.77. The van der Waals surface area contributed by atoms with E-state index < -0.39 is 5.60 Å². The zero-order valence-corrected chi connectivity index (χ0v) is 21.9. The highest BCUT2D eigenvalue weighted by Crippen LogP contribution is 2.45. The number of ether oxygens (including phenoxy) is 1. The van der Waals surface area contributed by atoms with E-state index in [1.54, 1.807) is 0 Å². The minimum absolute atomic E-state index is 0.103. The van der Waals surface area contributed by atoms with Crippen LogP contribution in [0.3, 0.4) is 0 Å². The minimum atomic E-state index is -0.482. The number of benzene rings is 1. The Balaban J connectivity index is 1.37. The normalized spacial score (nSPS) is 24.7. The van der Waals surface area contributed by atoms with Crippen LogP contribution >= 0.6 is 0 Å². The summed E-state index contributed by atoms with van der Waals surface area (Å²) in [6.07, 6.45) is 5.38. The number of fused-ring (bicyclic) bond motifs is 2. The van der Waals surface area contributed by atoms with Gasteiger partial charge in [-0.25, -0.2) is 4.79 Å². The Morgan fingerprint density at radius 3 is 2.50 bits per heavy atom. The van der Waals surface area contributed by atoms with Gasteiger partial charge in [0.05, 0.1) is 6.04 Å². The minimum Gasteiger partial charge on any atom is -0.444 e. The second-order valence-corrected chi connectivity index (χ2v) is 11.9. The summed E-state index contributed by atoms with van der Waals surface area (Å²) < 4.78 is 5.35. The van der Waals surface area contributed by atoms with E-state index in [4.69, 9.17) is 4.74 Å². The molecule has 1 atom stereocenters. The summed E-state index contributed by atoms with van der Waals surface area (Å²) in [5.41, 5.74) is 6.76. The maximum Gasteiger partial charge on any atom is 0.407 e. The summed E-state index contributed by atoms with van der Waals surface area (Å²) in [7, 11) is 0. The van der Waals surface area contributed by atoms with Crippen LogP contribution in [0.2, 0.25) is 0 Å². The molecule has 0 radical (unpaired) electrons. The van der Waals surface area contributed by atoms with Gasteiger partial charge < -0.3 is 15.0 Å². The molecule has 1 heterocycles. The van der Waals surface area contributed by atoms with Gasteiger partial charge in [-0.3, -0.25) is 4.79 Å². The molecule has 5 nitrogen and oxygen atoms in total. The van der Waals surface area contributed by atoms with E-state index in [1.807, 2.05) is 20.8 Å². The smallest absolute Gasteiger partial charge is 0.407 e. The van der Waals surface area contributed by atoms with Gasteiger partial charge in [0.1, 0.15) is 5.60 Å². The van der Waals surface area contributed by atoms with Gasteiger partial charge in [0.25, 0.3) is 0 Å². The van der Waals surface area contributed by atoms with Crippen molar-refractivity contribution in [2.75, 3.05) is 13.1 Å². The number of carbonyl (C=O) groups is 2. The summed E-state index contributed by atoms with van der Waals surface area (Å²) in [5, 5.41) is 2.91. The molecule has 1 aliphatic heterocycles. The molecule has 1 aromatic rings. The predicted octanol–water partition coefficient (Wildman–Crippen LogP) is 5.89. The fourth-order valence-corrected chi connectivity index (χ4v) is 6.31. The summed E-state index contributed by atoms with van der Waals surface area (Å²) in [6, 6.07) is 6.84. The Bertz CT molecular complexity index is 964. The Labute approximate surface area is 205 Å². The van der Waals surface area contributed by atoms with Crippen molar-refractivity contribution in [1.82, 2.24) is 10.2 Å². The first kappa shape index (κ1) is 24.8. The highest BCUT2D eigenvalue weighted by Gasteiger charge is 2.41. The van der Waals surface area contributed by atoms with E-state index in [0.29, 0.717) is 24.3 Å². The average molecular weight is 467 g/mol. The summed E-state index contributed by atoms with van der Waals surface area (Å²) in [5.74, 6) is 1.27. The molecule has 2 amide bonds. The van der Waals surface area contributed by atoms with E-state index >= 15 is 0 Å². The molecule has 0 aromatic heterocycles. The second kappa shape index (κ2) is 9.75. The Morgan fingerprint density at radius 2 is 1.85 bits per heavy atom. The lowest BCUT2D eigenvalue weighted by molar-refractivity contribution is -0.139. The number of alkyl carbamates (subject to hydrolysis) is 1. The average Bonchev–Trinajstić information content (AvgIpc) is 3.15. The molecule has 1 unspecified atom stereocenters. The van der Waals surface area contributed by atoms with Crippen LogP contribution in [0.4, 0.5) is 4.79 Å². The molecule has 186 valence electrons. The third kappa shape index (κ3) is 5.18. The van der Waals surface area contributed by atoms with Gasteiger partial charge in [0, 0.05) is 19.0 Å². The number of rotatable bonds is 4. The van der Waals surface area contributed by atoms with Gasteiger partial charge in [0.2, 0.25) is 5.91 Å². The van der Waals surface area contributed by atoms with Crippen molar-refractivity contribution in [3.63, 3.8) is 0 Å². The van der Waals surface area contributed by atoms with Crippen LogP contribution < -0.4 is 5.32 Å². The van der Waals surface area contributed by atoms with Crippen LogP contribution in [-0.2, 0) is 16.0 Å². The predicted molar refractivity (Wildman–Crippen MR) is 136 cm³/mol. The number of hydrogen-bond donors (Lipinski definition) is 1. The van der Waals surface area contributed by atoms with E-state index in [-0.39, 0.29) is 18.1 Å². The molecule has 1 N–H and O–H groups in total. The van der Waals surface area contributed by atoms with Crippen LogP contribution in [0.25, 0.3) is 5.57 Å². The third-order valence-electron chi connectivity index (χ3n) is 7.77. The number of nitrogens with one attached hydrogen (secondary N) is 1. The number of amides is 2. The lowest BCUT2D eigenvalue weighted by Crippen LogP contribution is -2.50. The van der Waals surface area contributed by atoms with Gasteiger partial charge in [0.15, 0.2) is 0 Å². The molecule has 3 aliphatic rings. The molecule has 0 saturated heterocycles. The molecule has 2 aliphatic carbocycles. The monoisotopic (exact) mass is 466 g/mol. The molecular formula is C29H42N2O3. The van der Waals surface area contributed by atoms with Gasteiger partial charge in [-0.15, -0.1) is 0 Å². The molecule has 0 spiro atoms. The number of aryl methyl sites for hydroxylation is 1. The Morgan fingerprint density at radius 1 is 1.15 bits per heavy atom. The highest BCUT2D eigenvalue weighted by molar-refractivity contribution is 5.85. The number of carbonyl (C=O) groups excluding carboxylic acids is 2. The molecule has 1 aromatic carbocycles. The molecule has 34 heavy (non-hydrogen) atoms. The quantitative estimate of drug-likeness (QED) is 0.602. The highest BCUT2D eigenvalue weighted by atomic mass is 16.6. The molecule has 1 fully saturated rings. The fourth-order valence-electron chi connectivity index (χ4n) is 6.31. The van der Waals surface area contributed by atoms with Crippen molar-refractivity contribution < 1.29 is 14.3 Å². The van der Waals surface area contributed by atoms with Crippen LogP contribution in [0.1, 0.15) is 83.4 Å². The van der Waals surface area contributed by atoms with Gasteiger partial charge in [-0.05, 0) is 106 Å². The van der Waals surface area contributed by atoms with Crippen LogP contribution in [-0.4, -0.2) is 41.6 Å². The summed E-state index contributed by atoms with van der Waals surface area (Å²) >= 11 is 0. The summed E-state index contributed by atoms with van der Waals surface area (Å²) in [4.78, 5) is 27.9. The summed E-state index contributed by atoms with van der Waals surface area (Å²) in [6.45, 7) is 13.8. The van der Waals surface area contributed by atoms with Crippen molar-refractivity contribution in [2.45, 2.75) is 91.7 Å². The van der Waals surface area contributed by atoms with Crippen LogP contribution in [0, 0.1) is 24.7 Å². The zero-order chi connectivity index (χ0) is 24.6. The first-order valence-electron chi connectivity index (χ1n) is 13.1. The Kier molecular flexibility index (Phi) is 7.12. The maximum absolute atomic E-state index is 13.7. The lowest BCUT2D eigenvalue weighted by atomic mass is 9.79. The molecule has 0 bridgehead atoms.